The molecule has 1 aliphatic rings. The van der Waals surface area contributed by atoms with Crippen molar-refractivity contribution >= 4 is 5.91 Å². The average molecular weight is 291 g/mol. The number of nitrogens with zero attached hydrogens (tertiary/aromatic N) is 2. The zero-order valence-corrected chi connectivity index (χ0v) is 11.1. The molecule has 1 aromatic heterocycles. The zero-order valence-electron chi connectivity index (χ0n) is 11.1. The number of rotatable bonds is 3. The maximum Gasteiger partial charge on any atom is 0.272 e. The molecule has 1 aliphatic heterocycles. The van der Waals surface area contributed by atoms with Crippen LogP contribution in [0.3, 0.4) is 0 Å². The van der Waals surface area contributed by atoms with Gasteiger partial charge in [-0.1, -0.05) is 6.07 Å². The summed E-state index contributed by atoms with van der Waals surface area (Å²) < 4.78 is 18.7. The van der Waals surface area contributed by atoms with Gasteiger partial charge < -0.3 is 14.7 Å². The number of carbonyl (C=O) groups excluding carboxylic acids is 1. The first-order chi connectivity index (χ1) is 10.1. The third-order valence-corrected chi connectivity index (χ3v) is 3.34. The van der Waals surface area contributed by atoms with Crippen LogP contribution in [0.25, 0.3) is 0 Å². The van der Waals surface area contributed by atoms with Gasteiger partial charge in [0.15, 0.2) is 0 Å². The maximum absolute atomic E-state index is 13.1. The number of aliphatic hydroxyl groups excluding tert-OH is 1. The second-order valence-electron chi connectivity index (χ2n) is 4.86. The number of hydrogen-bond donors (Lipinski definition) is 2. The van der Waals surface area contributed by atoms with Gasteiger partial charge in [0, 0.05) is 12.3 Å². The van der Waals surface area contributed by atoms with Gasteiger partial charge in [0.05, 0.1) is 13.1 Å². The van der Waals surface area contributed by atoms with E-state index in [1.165, 1.54) is 29.3 Å². The average Bonchev–Trinajstić information content (AvgIpc) is 3.09. The quantitative estimate of drug-likeness (QED) is 0.877. The van der Waals surface area contributed by atoms with Crippen LogP contribution in [0.5, 0.6) is 5.75 Å². The molecule has 2 heterocycles. The van der Waals surface area contributed by atoms with Crippen LogP contribution in [0.4, 0.5) is 4.39 Å². The van der Waals surface area contributed by atoms with E-state index in [0.29, 0.717) is 11.4 Å². The second-order valence-corrected chi connectivity index (χ2v) is 4.86. The molecule has 0 aliphatic carbocycles. The Labute approximate surface area is 120 Å². The predicted octanol–water partition coefficient (Wildman–Crippen LogP) is 0.813. The molecule has 6 nitrogen and oxygen atoms in total. The minimum absolute atomic E-state index is 0.165. The number of benzene rings is 1. The Kier molecular flexibility index (Phi) is 3.57. The number of ether oxygens (including phenoxy) is 1. The van der Waals surface area contributed by atoms with Gasteiger partial charge in [0.25, 0.3) is 5.91 Å². The van der Waals surface area contributed by atoms with E-state index < -0.39 is 18.0 Å². The fraction of sp³-hybridized carbons (Fsp3) is 0.286. The summed E-state index contributed by atoms with van der Waals surface area (Å²) in [6.45, 7) is 0.396. The minimum atomic E-state index is -0.819. The van der Waals surface area contributed by atoms with Gasteiger partial charge >= 0.3 is 0 Å². The summed E-state index contributed by atoms with van der Waals surface area (Å²) in [7, 11) is 0. The highest BCUT2D eigenvalue weighted by atomic mass is 19.1. The van der Waals surface area contributed by atoms with Gasteiger partial charge in [-0.15, -0.1) is 0 Å². The minimum Gasteiger partial charge on any atom is -0.486 e. The number of aromatic amines is 1. The van der Waals surface area contributed by atoms with Crippen LogP contribution in [0.1, 0.15) is 10.5 Å². The molecule has 0 bridgehead atoms. The Balaban J connectivity index is 1.67. The topological polar surface area (TPSA) is 78.5 Å². The SMILES string of the molecule is O=C(c1ccn[nH]1)N1C[C@@H](O)[C@H](Oc2cccc(F)c2)C1. The summed E-state index contributed by atoms with van der Waals surface area (Å²) in [5.74, 6) is -0.336. The standard InChI is InChI=1S/C14H14FN3O3/c15-9-2-1-3-10(6-9)21-13-8-18(7-12(13)19)14(20)11-4-5-16-17-11/h1-6,12-13,19H,7-8H2,(H,16,17)/t12-,13-/m1/s1. The van der Waals surface area contributed by atoms with E-state index in [2.05, 4.69) is 10.2 Å². The molecule has 2 aromatic rings. The molecule has 1 amide bonds. The van der Waals surface area contributed by atoms with Crippen molar-refractivity contribution in [3.8, 4) is 5.75 Å². The lowest BCUT2D eigenvalue weighted by molar-refractivity contribution is 0.0727. The lowest BCUT2D eigenvalue weighted by Gasteiger charge is -2.16. The molecule has 0 saturated carbocycles. The molecule has 21 heavy (non-hydrogen) atoms. The number of H-pyrrole nitrogens is 1. The third-order valence-electron chi connectivity index (χ3n) is 3.34. The molecule has 0 unspecified atom stereocenters. The van der Waals surface area contributed by atoms with E-state index in [1.54, 1.807) is 12.1 Å². The van der Waals surface area contributed by atoms with E-state index in [1.807, 2.05) is 0 Å². The van der Waals surface area contributed by atoms with E-state index in [9.17, 15) is 14.3 Å². The molecular formula is C14H14FN3O3. The van der Waals surface area contributed by atoms with E-state index in [-0.39, 0.29) is 19.0 Å². The first-order valence-electron chi connectivity index (χ1n) is 6.52. The molecule has 1 fully saturated rings. The highest BCUT2D eigenvalue weighted by molar-refractivity contribution is 5.92. The summed E-state index contributed by atoms with van der Waals surface area (Å²) in [5, 5.41) is 16.3. The number of likely N-dealkylation sites (tertiary alicyclic amines) is 1. The fourth-order valence-corrected chi connectivity index (χ4v) is 2.30. The summed E-state index contributed by atoms with van der Waals surface area (Å²) >= 11 is 0. The van der Waals surface area contributed by atoms with Gasteiger partial charge in [-0.05, 0) is 18.2 Å². The van der Waals surface area contributed by atoms with Crippen LogP contribution in [-0.4, -0.2) is 51.4 Å². The summed E-state index contributed by atoms with van der Waals surface area (Å²) in [6, 6.07) is 7.25. The van der Waals surface area contributed by atoms with Crippen molar-refractivity contribution in [2.24, 2.45) is 0 Å². The Morgan fingerprint density at radius 3 is 3.00 bits per heavy atom. The zero-order chi connectivity index (χ0) is 14.8. The molecule has 7 heteroatoms. The molecule has 110 valence electrons. The lowest BCUT2D eigenvalue weighted by Crippen LogP contribution is -2.31. The number of aliphatic hydroxyl groups is 1. The Bertz CT molecular complexity index is 632. The molecule has 3 rings (SSSR count). The van der Waals surface area contributed by atoms with Gasteiger partial charge in [0.1, 0.15) is 29.5 Å². The number of aromatic nitrogens is 2. The van der Waals surface area contributed by atoms with Crippen LogP contribution in [0, 0.1) is 5.82 Å². The van der Waals surface area contributed by atoms with Crippen LogP contribution in [-0.2, 0) is 0 Å². The maximum atomic E-state index is 13.1. The first kappa shape index (κ1) is 13.6. The smallest absolute Gasteiger partial charge is 0.272 e. The van der Waals surface area contributed by atoms with Crippen molar-refractivity contribution in [1.29, 1.82) is 0 Å². The van der Waals surface area contributed by atoms with E-state index in [4.69, 9.17) is 4.74 Å². The predicted molar refractivity (Wildman–Crippen MR) is 71.3 cm³/mol. The lowest BCUT2D eigenvalue weighted by atomic mass is 10.2. The van der Waals surface area contributed by atoms with Crippen LogP contribution < -0.4 is 4.74 Å². The summed E-state index contributed by atoms with van der Waals surface area (Å²) in [5.41, 5.74) is 0.355. The molecular weight excluding hydrogens is 277 g/mol. The van der Waals surface area contributed by atoms with Gasteiger partial charge in [-0.3, -0.25) is 9.89 Å². The molecule has 1 saturated heterocycles. The van der Waals surface area contributed by atoms with Crippen molar-refractivity contribution in [3.05, 3.63) is 48.0 Å². The molecule has 0 radical (unpaired) electrons. The summed E-state index contributed by atoms with van der Waals surface area (Å²) in [4.78, 5) is 13.6. The number of carbonyl (C=O) groups is 1. The Hall–Kier alpha value is -2.41. The van der Waals surface area contributed by atoms with E-state index >= 15 is 0 Å². The van der Waals surface area contributed by atoms with Crippen molar-refractivity contribution in [1.82, 2.24) is 15.1 Å². The highest BCUT2D eigenvalue weighted by Crippen LogP contribution is 2.20. The monoisotopic (exact) mass is 291 g/mol. The van der Waals surface area contributed by atoms with Crippen molar-refractivity contribution in [2.75, 3.05) is 13.1 Å². The third kappa shape index (κ3) is 2.87. The molecule has 2 N–H and O–H groups in total. The number of amides is 1. The molecule has 1 aromatic carbocycles. The van der Waals surface area contributed by atoms with E-state index in [0.717, 1.165) is 0 Å². The van der Waals surface area contributed by atoms with Crippen molar-refractivity contribution in [2.45, 2.75) is 12.2 Å². The Morgan fingerprint density at radius 2 is 2.29 bits per heavy atom. The normalized spacial score (nSPS) is 21.5. The van der Waals surface area contributed by atoms with Gasteiger partial charge in [-0.2, -0.15) is 5.10 Å². The fourth-order valence-electron chi connectivity index (χ4n) is 2.30. The van der Waals surface area contributed by atoms with Crippen LogP contribution >= 0.6 is 0 Å². The van der Waals surface area contributed by atoms with Crippen LogP contribution in [0.15, 0.2) is 36.5 Å². The summed E-state index contributed by atoms with van der Waals surface area (Å²) in [6.07, 6.45) is 0.0827. The number of β-amino-alcohol motifs (C(OH)–C–C–N with tert-alkyl or cyclic N) is 1. The van der Waals surface area contributed by atoms with Gasteiger partial charge in [0.2, 0.25) is 0 Å². The first-order valence-corrected chi connectivity index (χ1v) is 6.52. The molecule has 2 atom stereocenters. The van der Waals surface area contributed by atoms with Gasteiger partial charge in [-0.25, -0.2) is 4.39 Å². The van der Waals surface area contributed by atoms with Crippen LogP contribution in [0.2, 0.25) is 0 Å². The Morgan fingerprint density at radius 1 is 1.43 bits per heavy atom. The number of nitrogens with one attached hydrogen (secondary N) is 1. The van der Waals surface area contributed by atoms with Crippen molar-refractivity contribution in [3.63, 3.8) is 0 Å². The highest BCUT2D eigenvalue weighted by Gasteiger charge is 2.36. The largest absolute Gasteiger partial charge is 0.486 e. The number of hydrogen-bond acceptors (Lipinski definition) is 4. The van der Waals surface area contributed by atoms with Crippen molar-refractivity contribution < 1.29 is 19.0 Å². The number of halogens is 1. The second kappa shape index (κ2) is 5.53. The molecule has 0 spiro atoms.